The third kappa shape index (κ3) is 5.28. The fourth-order valence-electron chi connectivity index (χ4n) is 4.43. The molecule has 0 bridgehead atoms. The smallest absolute Gasteiger partial charge is 0.284 e. The van der Waals surface area contributed by atoms with Gasteiger partial charge in [0.15, 0.2) is 11.0 Å². The summed E-state index contributed by atoms with van der Waals surface area (Å²) in [5, 5.41) is 14.8. The molecule has 2 aliphatic rings. The second-order valence-electron chi connectivity index (χ2n) is 8.84. The molecule has 14 heteroatoms. The normalized spacial score (nSPS) is 20.4. The number of furan rings is 1. The molecule has 1 N–H and O–H groups in total. The zero-order chi connectivity index (χ0) is 25.4. The van der Waals surface area contributed by atoms with Crippen LogP contribution in [-0.4, -0.2) is 75.1 Å². The number of aryl methyl sites for hydroxylation is 1. The van der Waals surface area contributed by atoms with E-state index in [0.29, 0.717) is 71.3 Å². The standard InChI is InChI=1S/C22H26ClN5O5S3/c1-14-18(7-11-33-14)21(30)28-22(34-13-17-2-3-19(23)35-17)24-20(25-28)15-4-8-26(9-5-15)36(31,32)27-10-6-16(29)12-27/h2-3,7,11,15-16,29H,4-6,8-10,12-13H2,1H3. The first-order chi connectivity index (χ1) is 17.2. The summed E-state index contributed by atoms with van der Waals surface area (Å²) in [6.07, 6.45) is 2.41. The minimum atomic E-state index is -3.61. The van der Waals surface area contributed by atoms with E-state index in [0.717, 1.165) is 4.88 Å². The Bertz CT molecular complexity index is 1350. The van der Waals surface area contributed by atoms with Crippen LogP contribution >= 0.6 is 34.7 Å². The molecule has 0 aromatic carbocycles. The molecule has 1 unspecified atom stereocenters. The molecule has 3 aromatic rings. The van der Waals surface area contributed by atoms with Crippen LogP contribution in [0.4, 0.5) is 0 Å². The van der Waals surface area contributed by atoms with E-state index in [-0.39, 0.29) is 18.4 Å². The number of aliphatic hydroxyl groups is 1. The first-order valence-electron chi connectivity index (χ1n) is 11.6. The van der Waals surface area contributed by atoms with Crippen LogP contribution in [-0.2, 0) is 16.0 Å². The van der Waals surface area contributed by atoms with E-state index >= 15 is 0 Å². The highest BCUT2D eigenvalue weighted by Crippen LogP contribution is 2.33. The second kappa shape index (κ2) is 10.6. The van der Waals surface area contributed by atoms with Gasteiger partial charge in [0.05, 0.1) is 22.3 Å². The zero-order valence-electron chi connectivity index (χ0n) is 19.5. The molecule has 3 aromatic heterocycles. The predicted molar refractivity (Wildman–Crippen MR) is 137 cm³/mol. The van der Waals surface area contributed by atoms with E-state index in [1.54, 1.807) is 13.0 Å². The molecule has 0 spiro atoms. The predicted octanol–water partition coefficient (Wildman–Crippen LogP) is 3.37. The van der Waals surface area contributed by atoms with Gasteiger partial charge in [-0.3, -0.25) is 4.79 Å². The SMILES string of the molecule is Cc1occc1C(=O)n1nc(C2CCN(S(=O)(=O)N3CCC(O)C3)CC2)nc1SCc1ccc(Cl)s1. The van der Waals surface area contributed by atoms with Crippen molar-refractivity contribution in [1.82, 2.24) is 23.4 Å². The monoisotopic (exact) mass is 571 g/mol. The van der Waals surface area contributed by atoms with Gasteiger partial charge in [0.1, 0.15) is 5.76 Å². The highest BCUT2D eigenvalue weighted by atomic mass is 35.5. The molecular formula is C22H26ClN5O5S3. The van der Waals surface area contributed by atoms with Crippen molar-refractivity contribution < 1.29 is 22.7 Å². The van der Waals surface area contributed by atoms with Crippen molar-refractivity contribution in [1.29, 1.82) is 0 Å². The van der Waals surface area contributed by atoms with Crippen LogP contribution < -0.4 is 0 Å². The zero-order valence-corrected chi connectivity index (χ0v) is 22.7. The maximum atomic E-state index is 13.3. The topological polar surface area (TPSA) is 122 Å². The number of hydrogen-bond donors (Lipinski definition) is 1. The largest absolute Gasteiger partial charge is 0.469 e. The number of β-amino-alcohol motifs (C(OH)–C–C–N with tert-alkyl or cyclic N) is 1. The van der Waals surface area contributed by atoms with Crippen LogP contribution in [0.1, 0.15) is 52.0 Å². The minimum absolute atomic E-state index is 0.0735. The number of aromatic nitrogens is 3. The summed E-state index contributed by atoms with van der Waals surface area (Å²) in [6, 6.07) is 5.40. The lowest BCUT2D eigenvalue weighted by Gasteiger charge is -2.32. The molecule has 5 heterocycles. The Balaban J connectivity index is 1.33. The summed E-state index contributed by atoms with van der Waals surface area (Å²) in [6.45, 7) is 2.86. The lowest BCUT2D eigenvalue weighted by Crippen LogP contribution is -2.46. The lowest BCUT2D eigenvalue weighted by molar-refractivity contribution is 0.0931. The molecule has 2 saturated heterocycles. The Morgan fingerprint density at radius 3 is 2.58 bits per heavy atom. The quantitative estimate of drug-likeness (QED) is 0.428. The summed E-state index contributed by atoms with van der Waals surface area (Å²) >= 11 is 8.94. The summed E-state index contributed by atoms with van der Waals surface area (Å²) in [5.74, 6) is 1.23. The van der Waals surface area contributed by atoms with Gasteiger partial charge in [-0.2, -0.15) is 21.7 Å². The fraction of sp³-hybridized carbons (Fsp3) is 0.500. The van der Waals surface area contributed by atoms with E-state index in [2.05, 4.69) is 5.10 Å². The van der Waals surface area contributed by atoms with Gasteiger partial charge in [-0.25, -0.2) is 4.98 Å². The molecule has 0 saturated carbocycles. The highest BCUT2D eigenvalue weighted by molar-refractivity contribution is 7.98. The average Bonchev–Trinajstić information content (AvgIpc) is 3.65. The van der Waals surface area contributed by atoms with Crippen LogP contribution in [0.5, 0.6) is 0 Å². The Hall–Kier alpha value is -1.74. The minimum Gasteiger partial charge on any atom is -0.469 e. The first-order valence-corrected chi connectivity index (χ1v) is 15.2. The van der Waals surface area contributed by atoms with Crippen LogP contribution in [0, 0.1) is 6.92 Å². The number of piperidine rings is 1. The van der Waals surface area contributed by atoms with Gasteiger partial charge in [0.2, 0.25) is 0 Å². The Morgan fingerprint density at radius 2 is 1.97 bits per heavy atom. The van der Waals surface area contributed by atoms with E-state index in [1.165, 1.54) is 42.7 Å². The summed E-state index contributed by atoms with van der Waals surface area (Å²) in [4.78, 5) is 19.0. The van der Waals surface area contributed by atoms with Gasteiger partial charge in [-0.05, 0) is 44.4 Å². The van der Waals surface area contributed by atoms with Crippen molar-refractivity contribution in [3.05, 3.63) is 50.8 Å². The third-order valence-corrected chi connectivity index (χ3v) is 10.8. The van der Waals surface area contributed by atoms with Crippen molar-refractivity contribution in [3.63, 3.8) is 0 Å². The van der Waals surface area contributed by atoms with Crippen LogP contribution in [0.2, 0.25) is 4.34 Å². The number of thiophene rings is 1. The van der Waals surface area contributed by atoms with Crippen LogP contribution in [0.15, 0.2) is 34.0 Å². The van der Waals surface area contributed by atoms with E-state index in [1.807, 2.05) is 12.1 Å². The Kier molecular flexibility index (Phi) is 7.59. The lowest BCUT2D eigenvalue weighted by atomic mass is 9.98. The van der Waals surface area contributed by atoms with Gasteiger partial charge in [-0.15, -0.1) is 16.4 Å². The van der Waals surface area contributed by atoms with Gasteiger partial charge < -0.3 is 9.52 Å². The molecule has 10 nitrogen and oxygen atoms in total. The van der Waals surface area contributed by atoms with E-state index < -0.39 is 16.3 Å². The van der Waals surface area contributed by atoms with Gasteiger partial charge in [0.25, 0.3) is 16.1 Å². The van der Waals surface area contributed by atoms with Crippen molar-refractivity contribution in [3.8, 4) is 0 Å². The highest BCUT2D eigenvalue weighted by Gasteiger charge is 2.38. The number of thioether (sulfide) groups is 1. The van der Waals surface area contributed by atoms with E-state index in [4.69, 9.17) is 21.0 Å². The summed E-state index contributed by atoms with van der Waals surface area (Å²) in [7, 11) is -3.61. The summed E-state index contributed by atoms with van der Waals surface area (Å²) in [5.41, 5.74) is 0.418. The number of carbonyl (C=O) groups is 1. The van der Waals surface area contributed by atoms with Crippen molar-refractivity contribution >= 4 is 50.8 Å². The maximum Gasteiger partial charge on any atom is 0.284 e. The number of hydrogen-bond acceptors (Lipinski definition) is 9. The first kappa shape index (κ1) is 25.9. The Morgan fingerprint density at radius 1 is 1.22 bits per heavy atom. The van der Waals surface area contributed by atoms with Crippen LogP contribution in [0.25, 0.3) is 0 Å². The Labute approximate surface area is 222 Å². The number of aliphatic hydroxyl groups excluding tert-OH is 1. The van der Waals surface area contributed by atoms with Gasteiger partial charge in [-0.1, -0.05) is 23.4 Å². The molecular weight excluding hydrogens is 546 g/mol. The van der Waals surface area contributed by atoms with Crippen molar-refractivity contribution in [2.75, 3.05) is 26.2 Å². The van der Waals surface area contributed by atoms with Gasteiger partial charge >= 0.3 is 0 Å². The molecule has 0 aliphatic carbocycles. The average molecular weight is 572 g/mol. The molecule has 1 atom stereocenters. The van der Waals surface area contributed by atoms with Crippen molar-refractivity contribution in [2.45, 2.75) is 49.1 Å². The summed E-state index contributed by atoms with van der Waals surface area (Å²) < 4.78 is 36.0. The van der Waals surface area contributed by atoms with Crippen LogP contribution in [0.3, 0.4) is 0 Å². The molecule has 5 rings (SSSR count). The number of halogens is 1. The van der Waals surface area contributed by atoms with E-state index in [9.17, 15) is 18.3 Å². The molecule has 0 amide bonds. The molecule has 0 radical (unpaired) electrons. The molecule has 194 valence electrons. The third-order valence-electron chi connectivity index (χ3n) is 6.45. The number of carbonyl (C=O) groups excluding carboxylic acids is 1. The van der Waals surface area contributed by atoms with Gasteiger partial charge in [0, 0.05) is 42.7 Å². The molecule has 36 heavy (non-hydrogen) atoms. The number of nitrogens with zero attached hydrogens (tertiary/aromatic N) is 5. The van der Waals surface area contributed by atoms with Crippen molar-refractivity contribution in [2.24, 2.45) is 0 Å². The molecule has 2 fully saturated rings. The maximum absolute atomic E-state index is 13.3. The molecule has 2 aliphatic heterocycles. The number of rotatable bonds is 7. The fourth-order valence-corrected chi connectivity index (χ4v) is 8.19. The second-order valence-corrected chi connectivity index (χ2v) is 13.5.